The lowest BCUT2D eigenvalue weighted by molar-refractivity contribution is -0.343. The lowest BCUT2D eigenvalue weighted by atomic mass is 9.44. The maximum Gasteiger partial charge on any atom is 0.341 e. The van der Waals surface area contributed by atoms with E-state index in [-0.39, 0.29) is 30.8 Å². The zero-order chi connectivity index (χ0) is 30.1. The number of furan rings is 1. The number of hydrogen-bond donors (Lipinski definition) is 2. The van der Waals surface area contributed by atoms with Crippen molar-refractivity contribution in [1.82, 2.24) is 0 Å². The molecule has 2 saturated carbocycles. The molecule has 4 aliphatic rings. The number of methoxy groups -OCH3 is 2. The molecule has 0 aromatic carbocycles. The first-order chi connectivity index (χ1) is 19.2. The summed E-state index contributed by atoms with van der Waals surface area (Å²) in [6.45, 7) is 8.30. The Hall–Kier alpha value is -2.22. The smallest absolute Gasteiger partial charge is 0.341 e. The molecule has 0 radical (unpaired) electrons. The van der Waals surface area contributed by atoms with Crippen molar-refractivity contribution in [3.63, 3.8) is 0 Å². The Morgan fingerprint density at radius 3 is 2.39 bits per heavy atom. The van der Waals surface area contributed by atoms with Crippen LogP contribution in [0.1, 0.15) is 57.8 Å². The van der Waals surface area contributed by atoms with Gasteiger partial charge in [-0.25, -0.2) is 4.79 Å². The number of carbonyl (C=O) groups is 3. The fourth-order valence-electron chi connectivity index (χ4n) is 8.03. The summed E-state index contributed by atoms with van der Waals surface area (Å²) in [6.07, 6.45) is -2.02. The molecular formula is C29H38O11S. The Morgan fingerprint density at radius 2 is 1.88 bits per heavy atom. The van der Waals surface area contributed by atoms with Gasteiger partial charge in [0, 0.05) is 39.4 Å². The molecule has 3 fully saturated rings. The van der Waals surface area contributed by atoms with Gasteiger partial charge in [0.1, 0.15) is 30.2 Å². The van der Waals surface area contributed by atoms with E-state index >= 15 is 0 Å². The molecule has 11 nitrogen and oxygen atoms in total. The predicted octanol–water partition coefficient (Wildman–Crippen LogP) is 2.85. The van der Waals surface area contributed by atoms with Gasteiger partial charge in [0.2, 0.25) is 0 Å². The minimum absolute atomic E-state index is 0.0143. The van der Waals surface area contributed by atoms with Gasteiger partial charge in [-0.15, -0.1) is 0 Å². The van der Waals surface area contributed by atoms with Gasteiger partial charge < -0.3 is 37.4 Å². The maximum absolute atomic E-state index is 14.9. The molecule has 12 heteroatoms. The van der Waals surface area contributed by atoms with Crippen LogP contribution in [0.15, 0.2) is 34.2 Å². The quantitative estimate of drug-likeness (QED) is 0.217. The highest BCUT2D eigenvalue weighted by Gasteiger charge is 2.78. The number of fused-ring (bicyclic) bond motifs is 5. The zero-order valence-corrected chi connectivity index (χ0v) is 25.2. The van der Waals surface area contributed by atoms with Crippen molar-refractivity contribution >= 4 is 30.6 Å². The second-order valence-corrected chi connectivity index (χ2v) is 12.5. The molecule has 0 amide bonds. The van der Waals surface area contributed by atoms with Crippen molar-refractivity contribution in [3.05, 3.63) is 35.3 Å². The Bertz CT molecular complexity index is 1260. The molecular weight excluding hydrogens is 556 g/mol. The van der Waals surface area contributed by atoms with E-state index in [9.17, 15) is 19.5 Å². The number of carbonyl (C=O) groups excluding carboxylic acids is 3. The van der Waals surface area contributed by atoms with E-state index in [1.54, 1.807) is 20.8 Å². The Balaban J connectivity index is 1.85. The minimum Gasteiger partial charge on any atom is -0.472 e. The second kappa shape index (κ2) is 10.2. The van der Waals surface area contributed by atoms with Crippen molar-refractivity contribution < 1.29 is 51.8 Å². The Labute approximate surface area is 244 Å². The Morgan fingerprint density at radius 1 is 1.17 bits per heavy atom. The minimum atomic E-state index is -1.85. The number of esters is 2. The van der Waals surface area contributed by atoms with E-state index in [1.807, 2.05) is 6.92 Å². The first-order valence-corrected chi connectivity index (χ1v) is 14.0. The third-order valence-electron chi connectivity index (χ3n) is 10.3. The van der Waals surface area contributed by atoms with Crippen molar-refractivity contribution in [1.29, 1.82) is 0 Å². The number of ether oxygens (including phenoxy) is 5. The van der Waals surface area contributed by atoms with Crippen LogP contribution < -0.4 is 0 Å². The highest BCUT2D eigenvalue weighted by Crippen LogP contribution is 2.64. The fraction of sp³-hybridized carbons (Fsp3) is 0.690. The summed E-state index contributed by atoms with van der Waals surface area (Å²) in [5.41, 5.74) is -4.61. The van der Waals surface area contributed by atoms with Crippen LogP contribution in [0, 0.1) is 16.7 Å². The average Bonchev–Trinajstić information content (AvgIpc) is 3.45. The molecule has 0 spiro atoms. The third-order valence-corrected chi connectivity index (χ3v) is 10.5. The summed E-state index contributed by atoms with van der Waals surface area (Å²) in [6, 6.07) is 1.44. The van der Waals surface area contributed by atoms with Crippen LogP contribution in [-0.2, 0) is 37.5 Å². The molecule has 2 bridgehead atoms. The van der Waals surface area contributed by atoms with Gasteiger partial charge in [-0.2, -0.15) is 0 Å². The van der Waals surface area contributed by atoms with Crippen molar-refractivity contribution in [2.24, 2.45) is 16.7 Å². The molecule has 0 unspecified atom stereocenters. The second-order valence-electron chi connectivity index (χ2n) is 12.3. The molecule has 2 heterocycles. The number of rotatable bonds is 6. The van der Waals surface area contributed by atoms with Crippen LogP contribution >= 0.6 is 12.9 Å². The lowest BCUT2D eigenvalue weighted by Crippen LogP contribution is -2.81. The fourth-order valence-corrected chi connectivity index (χ4v) is 8.34. The number of ketones is 1. The molecule has 226 valence electrons. The van der Waals surface area contributed by atoms with Crippen molar-refractivity contribution in [3.8, 4) is 0 Å². The van der Waals surface area contributed by atoms with Crippen LogP contribution in [0.25, 0.3) is 0 Å². The molecule has 1 aromatic heterocycles. The van der Waals surface area contributed by atoms with Crippen molar-refractivity contribution in [2.75, 3.05) is 20.8 Å². The van der Waals surface area contributed by atoms with E-state index in [1.165, 1.54) is 39.7 Å². The van der Waals surface area contributed by atoms with Gasteiger partial charge in [0.25, 0.3) is 0 Å². The first-order valence-electron chi connectivity index (χ1n) is 13.6. The van der Waals surface area contributed by atoms with Crippen LogP contribution in [0.3, 0.4) is 0 Å². The van der Waals surface area contributed by atoms with Crippen LogP contribution in [0.5, 0.6) is 0 Å². The molecule has 3 aliphatic carbocycles. The highest BCUT2D eigenvalue weighted by atomic mass is 32.1. The topological polar surface area (TPSA) is 140 Å². The van der Waals surface area contributed by atoms with Crippen LogP contribution in [0.4, 0.5) is 0 Å². The lowest BCUT2D eigenvalue weighted by Gasteiger charge is -2.67. The predicted molar refractivity (Wildman–Crippen MR) is 145 cm³/mol. The molecule has 1 N–H and O–H groups in total. The van der Waals surface area contributed by atoms with Gasteiger partial charge in [-0.3, -0.25) is 9.59 Å². The molecule has 9 atom stereocenters. The molecule has 1 aliphatic heterocycles. The molecule has 1 aromatic rings. The molecule has 5 rings (SSSR count). The largest absolute Gasteiger partial charge is 0.472 e. The first kappa shape index (κ1) is 30.2. The van der Waals surface area contributed by atoms with Gasteiger partial charge in [-0.05, 0) is 44.0 Å². The van der Waals surface area contributed by atoms with Crippen molar-refractivity contribution in [2.45, 2.75) is 89.2 Å². The zero-order valence-electron chi connectivity index (χ0n) is 24.3. The number of aliphatic hydroxyl groups is 1. The normalized spacial score (nSPS) is 41.3. The summed E-state index contributed by atoms with van der Waals surface area (Å²) in [5.74, 6) is -2.90. The summed E-state index contributed by atoms with van der Waals surface area (Å²) in [5, 5.41) is 13.0. The molecule has 41 heavy (non-hydrogen) atoms. The standard InChI is InChI=1S/C29H38O11S/c1-14-17(34-6)11-29(33)24(38-25(32)16-8-9-36-12-16)22-27(5,23(31)21(35-7)20(14)26(29,3)4)18(40-41)10-19-28(22,13-37-19)39-15(2)30/h8-9,12,17-19,21-22,24,33,41H,10-11,13H2,1-7H3/t17-,18-,19+,21+,22-,24-,27+,28-,29+/m0/s1. The molecule has 1 saturated heterocycles. The van der Waals surface area contributed by atoms with E-state index in [4.69, 9.17) is 32.3 Å². The van der Waals surface area contributed by atoms with E-state index in [2.05, 4.69) is 12.9 Å². The van der Waals surface area contributed by atoms with Crippen LogP contribution in [-0.4, -0.2) is 85.4 Å². The van der Waals surface area contributed by atoms with Gasteiger partial charge in [0.05, 0.1) is 42.0 Å². The monoisotopic (exact) mass is 594 g/mol. The third kappa shape index (κ3) is 4.01. The van der Waals surface area contributed by atoms with Crippen LogP contribution in [0.2, 0.25) is 0 Å². The SMILES string of the molecule is CO[C@H]1C(=O)[C@]2(C)[C@@H](OS)C[C@H]3OC[C@@]3(OC(C)=O)[C@H]2[C@H](OC(=O)c2ccoc2)[C@]2(O)C[C@H](OC)C(C)=C1C2(C)C. The summed E-state index contributed by atoms with van der Waals surface area (Å²) in [7, 11) is 2.94. The number of Topliss-reactive ketones (excluding diaryl/α,β-unsaturated/α-hetero) is 1. The summed E-state index contributed by atoms with van der Waals surface area (Å²) >= 11 is 4.15. The number of hydrogen-bond acceptors (Lipinski definition) is 12. The van der Waals surface area contributed by atoms with Gasteiger partial charge >= 0.3 is 11.9 Å². The summed E-state index contributed by atoms with van der Waals surface area (Å²) in [4.78, 5) is 41.2. The maximum atomic E-state index is 14.9. The van der Waals surface area contributed by atoms with E-state index in [0.29, 0.717) is 5.57 Å². The van der Waals surface area contributed by atoms with Gasteiger partial charge in [0.15, 0.2) is 11.4 Å². The number of thiol groups is 1. The average molecular weight is 595 g/mol. The summed E-state index contributed by atoms with van der Waals surface area (Å²) < 4.78 is 40.7. The van der Waals surface area contributed by atoms with E-state index in [0.717, 1.165) is 5.57 Å². The van der Waals surface area contributed by atoms with Gasteiger partial charge in [-0.1, -0.05) is 13.8 Å². The Kier molecular flexibility index (Phi) is 7.53. The van der Waals surface area contributed by atoms with E-state index < -0.39 is 70.4 Å². The highest BCUT2D eigenvalue weighted by molar-refractivity contribution is 7.75.